The Morgan fingerprint density at radius 3 is 2.61 bits per heavy atom. The maximum absolute atomic E-state index is 13.2. The third-order valence-corrected chi connectivity index (χ3v) is 3.05. The molecule has 10 heteroatoms. The van der Waals surface area contributed by atoms with Crippen LogP contribution < -0.4 is 4.90 Å². The lowest BCUT2D eigenvalue weighted by Crippen LogP contribution is -2.27. The van der Waals surface area contributed by atoms with E-state index in [4.69, 9.17) is 0 Å². The van der Waals surface area contributed by atoms with Gasteiger partial charge in [0.15, 0.2) is 11.5 Å². The van der Waals surface area contributed by atoms with Gasteiger partial charge in [-0.3, -0.25) is 9.88 Å². The van der Waals surface area contributed by atoms with Crippen molar-refractivity contribution in [1.82, 2.24) is 15.0 Å². The first-order valence-electron chi connectivity index (χ1n) is 6.36. The molecule has 1 aliphatic rings. The largest absolute Gasteiger partial charge is 0.447 e. The van der Waals surface area contributed by atoms with Gasteiger partial charge in [0, 0.05) is 11.8 Å². The molecule has 1 saturated heterocycles. The van der Waals surface area contributed by atoms with Gasteiger partial charge in [0.05, 0.1) is 24.6 Å². The van der Waals surface area contributed by atoms with Crippen molar-refractivity contribution in [1.29, 1.82) is 0 Å². The molecule has 3 rings (SSSR count). The van der Waals surface area contributed by atoms with E-state index in [1.165, 1.54) is 0 Å². The van der Waals surface area contributed by atoms with Crippen molar-refractivity contribution < 1.29 is 27.1 Å². The number of hydrogen-bond acceptors (Lipinski definition) is 5. The Balaban J connectivity index is 2.11. The van der Waals surface area contributed by atoms with E-state index in [2.05, 4.69) is 19.7 Å². The van der Waals surface area contributed by atoms with Crippen LogP contribution in [0, 0.1) is 5.82 Å². The van der Waals surface area contributed by atoms with Gasteiger partial charge in [0.1, 0.15) is 12.4 Å². The monoisotopic (exact) mass is 328 g/mol. The van der Waals surface area contributed by atoms with Crippen LogP contribution in [0.4, 0.5) is 28.0 Å². The normalized spacial score (nSPS) is 15.0. The average Bonchev–Trinajstić information content (AvgIpc) is 2.92. The summed E-state index contributed by atoms with van der Waals surface area (Å²) in [4.78, 5) is 23.0. The molecule has 2 aromatic rings. The van der Waals surface area contributed by atoms with Crippen molar-refractivity contribution in [2.75, 3.05) is 18.1 Å². The summed E-state index contributed by atoms with van der Waals surface area (Å²) >= 11 is 0. The van der Waals surface area contributed by atoms with E-state index >= 15 is 0 Å². The van der Waals surface area contributed by atoms with Crippen molar-refractivity contribution in [3.8, 4) is 11.4 Å². The van der Waals surface area contributed by atoms with Crippen molar-refractivity contribution >= 4 is 11.8 Å². The summed E-state index contributed by atoms with van der Waals surface area (Å²) in [7, 11) is 0. The number of hydrogen-bond donors (Lipinski definition) is 0. The van der Waals surface area contributed by atoms with Gasteiger partial charge in [-0.15, -0.1) is 0 Å². The summed E-state index contributed by atoms with van der Waals surface area (Å²) in [6, 6.07) is 0.965. The van der Waals surface area contributed by atoms with Crippen molar-refractivity contribution in [2.45, 2.75) is 6.18 Å². The fourth-order valence-corrected chi connectivity index (χ4v) is 2.07. The Hall–Kier alpha value is -2.78. The van der Waals surface area contributed by atoms with E-state index < -0.39 is 29.5 Å². The summed E-state index contributed by atoms with van der Waals surface area (Å²) in [6.45, 7) is -0.0577. The molecule has 0 atom stereocenters. The maximum atomic E-state index is 13.2. The number of ether oxygens (including phenoxy) is 1. The number of anilines is 1. The standard InChI is InChI=1S/C13H8F4N4O2/c14-8-3-7(4-18-5-8)11-19-6-9(10(20-11)13(15,16)17)21-1-2-23-12(21)22/h3-6H,1-2H2. The van der Waals surface area contributed by atoms with Gasteiger partial charge in [-0.2, -0.15) is 13.2 Å². The Morgan fingerprint density at radius 1 is 1.22 bits per heavy atom. The fraction of sp³-hybridized carbons (Fsp3) is 0.231. The molecule has 0 spiro atoms. The van der Waals surface area contributed by atoms with Crippen LogP contribution in [0.1, 0.15) is 5.69 Å². The third kappa shape index (κ3) is 2.91. The highest BCUT2D eigenvalue weighted by Crippen LogP contribution is 2.36. The SMILES string of the molecule is O=C1OCCN1c1cnc(-c2cncc(F)c2)nc1C(F)(F)F. The van der Waals surface area contributed by atoms with Gasteiger partial charge in [0.2, 0.25) is 0 Å². The summed E-state index contributed by atoms with van der Waals surface area (Å²) in [5, 5.41) is 0. The highest BCUT2D eigenvalue weighted by Gasteiger charge is 2.40. The van der Waals surface area contributed by atoms with Crippen LogP contribution in [0.25, 0.3) is 11.4 Å². The summed E-state index contributed by atoms with van der Waals surface area (Å²) in [5.41, 5.74) is -1.82. The molecule has 0 radical (unpaired) electrons. The first kappa shape index (κ1) is 15.1. The number of nitrogens with zero attached hydrogens (tertiary/aromatic N) is 4. The molecule has 0 N–H and O–H groups in total. The minimum atomic E-state index is -4.82. The van der Waals surface area contributed by atoms with Gasteiger partial charge in [-0.25, -0.2) is 19.2 Å². The number of amides is 1. The molecule has 0 unspecified atom stereocenters. The van der Waals surface area contributed by atoms with Crippen molar-refractivity contribution in [2.24, 2.45) is 0 Å². The van der Waals surface area contributed by atoms with Crippen LogP contribution in [0.5, 0.6) is 0 Å². The lowest BCUT2D eigenvalue weighted by molar-refractivity contribution is -0.140. The molecule has 1 amide bonds. The first-order valence-corrected chi connectivity index (χ1v) is 6.36. The number of aromatic nitrogens is 3. The van der Waals surface area contributed by atoms with E-state index in [9.17, 15) is 22.4 Å². The number of carbonyl (C=O) groups is 1. The second kappa shape index (κ2) is 5.45. The van der Waals surface area contributed by atoms with Gasteiger partial charge >= 0.3 is 12.3 Å². The molecule has 0 bridgehead atoms. The van der Waals surface area contributed by atoms with Gasteiger partial charge in [-0.05, 0) is 6.07 Å². The molecular weight excluding hydrogens is 320 g/mol. The maximum Gasteiger partial charge on any atom is 0.435 e. The molecule has 0 aromatic carbocycles. The summed E-state index contributed by atoms with van der Waals surface area (Å²) < 4.78 is 57.5. The molecule has 23 heavy (non-hydrogen) atoms. The molecular formula is C13H8F4N4O2. The molecule has 0 saturated carbocycles. The molecule has 0 aliphatic carbocycles. The zero-order chi connectivity index (χ0) is 16.6. The van der Waals surface area contributed by atoms with E-state index in [0.717, 1.165) is 29.6 Å². The van der Waals surface area contributed by atoms with E-state index in [1.807, 2.05) is 0 Å². The predicted molar refractivity (Wildman–Crippen MR) is 68.9 cm³/mol. The molecule has 6 nitrogen and oxygen atoms in total. The minimum absolute atomic E-state index is 0.00829. The lowest BCUT2D eigenvalue weighted by atomic mass is 10.2. The Morgan fingerprint density at radius 2 is 2.00 bits per heavy atom. The second-order valence-corrected chi connectivity index (χ2v) is 4.58. The zero-order valence-corrected chi connectivity index (χ0v) is 11.3. The quantitative estimate of drug-likeness (QED) is 0.793. The second-order valence-electron chi connectivity index (χ2n) is 4.58. The number of pyridine rings is 1. The van der Waals surface area contributed by atoms with E-state index in [-0.39, 0.29) is 24.5 Å². The fourth-order valence-electron chi connectivity index (χ4n) is 2.07. The van der Waals surface area contributed by atoms with Crippen LogP contribution in [0.2, 0.25) is 0 Å². The topological polar surface area (TPSA) is 68.2 Å². The summed E-state index contributed by atoms with van der Waals surface area (Å²) in [6.07, 6.45) is -2.82. The Kier molecular flexibility index (Phi) is 3.58. The molecule has 120 valence electrons. The van der Waals surface area contributed by atoms with Crippen molar-refractivity contribution in [3.63, 3.8) is 0 Å². The first-order chi connectivity index (χ1) is 10.9. The molecule has 1 fully saturated rings. The van der Waals surface area contributed by atoms with Gasteiger partial charge in [-0.1, -0.05) is 0 Å². The third-order valence-electron chi connectivity index (χ3n) is 3.05. The molecule has 1 aliphatic heterocycles. The number of alkyl halides is 3. The van der Waals surface area contributed by atoms with E-state index in [0.29, 0.717) is 0 Å². The van der Waals surface area contributed by atoms with Crippen LogP contribution in [0.3, 0.4) is 0 Å². The number of rotatable bonds is 2. The highest BCUT2D eigenvalue weighted by molar-refractivity contribution is 5.90. The number of halogens is 4. The molecule has 2 aromatic heterocycles. The number of cyclic esters (lactones) is 1. The Bertz CT molecular complexity index is 766. The highest BCUT2D eigenvalue weighted by atomic mass is 19.4. The average molecular weight is 328 g/mol. The molecule has 3 heterocycles. The lowest BCUT2D eigenvalue weighted by Gasteiger charge is -2.18. The van der Waals surface area contributed by atoms with Crippen LogP contribution in [0.15, 0.2) is 24.7 Å². The van der Waals surface area contributed by atoms with Crippen LogP contribution in [-0.4, -0.2) is 34.2 Å². The summed E-state index contributed by atoms with van der Waals surface area (Å²) in [5.74, 6) is -1.08. The van der Waals surface area contributed by atoms with Crippen LogP contribution >= 0.6 is 0 Å². The van der Waals surface area contributed by atoms with Crippen molar-refractivity contribution in [3.05, 3.63) is 36.2 Å². The zero-order valence-electron chi connectivity index (χ0n) is 11.3. The Labute approximate surface area is 126 Å². The smallest absolute Gasteiger partial charge is 0.435 e. The van der Waals surface area contributed by atoms with Gasteiger partial charge < -0.3 is 4.74 Å². The van der Waals surface area contributed by atoms with E-state index in [1.54, 1.807) is 0 Å². The van der Waals surface area contributed by atoms with Crippen LogP contribution in [-0.2, 0) is 10.9 Å². The minimum Gasteiger partial charge on any atom is -0.447 e. The van der Waals surface area contributed by atoms with Gasteiger partial charge in [0.25, 0.3) is 0 Å². The number of carbonyl (C=O) groups excluding carboxylic acids is 1. The predicted octanol–water partition coefficient (Wildman–Crippen LogP) is 2.65.